The molecule has 0 bridgehead atoms. The van der Waals surface area contributed by atoms with Gasteiger partial charge in [0.1, 0.15) is 0 Å². The molecule has 1 nitrogen and oxygen atoms in total. The maximum atomic E-state index is 9.78. The minimum absolute atomic E-state index is 0.0362. The van der Waals surface area contributed by atoms with Gasteiger partial charge in [-0.1, -0.05) is 29.3 Å². The minimum Gasteiger partial charge on any atom is -0.393 e. The molecule has 1 atom stereocenters. The summed E-state index contributed by atoms with van der Waals surface area (Å²) in [5, 5.41) is 9.78. The predicted octanol–water partition coefficient (Wildman–Crippen LogP) is 3.40. The van der Waals surface area contributed by atoms with Gasteiger partial charge in [-0.3, -0.25) is 0 Å². The molecule has 1 aromatic carbocycles. The molecule has 1 heteroatoms. The largest absolute Gasteiger partial charge is 0.393 e. The molecule has 1 N–H and O–H groups in total. The zero-order valence-corrected chi connectivity index (χ0v) is 10.4. The summed E-state index contributed by atoms with van der Waals surface area (Å²) in [6.07, 6.45) is 5.63. The monoisotopic (exact) mass is 218 g/mol. The third kappa shape index (κ3) is 3.34. The van der Waals surface area contributed by atoms with Crippen LogP contribution in [-0.4, -0.2) is 11.2 Å². The zero-order chi connectivity index (χ0) is 11.5. The molecule has 88 valence electrons. The normalized spacial score (nSPS) is 17.4. The van der Waals surface area contributed by atoms with E-state index in [0.29, 0.717) is 5.92 Å². The maximum absolute atomic E-state index is 9.78. The summed E-state index contributed by atoms with van der Waals surface area (Å²) in [5.74, 6) is 0.624. The van der Waals surface area contributed by atoms with Crippen molar-refractivity contribution in [3.63, 3.8) is 0 Å². The van der Waals surface area contributed by atoms with E-state index in [0.717, 1.165) is 19.3 Å². The second-order valence-corrected chi connectivity index (χ2v) is 5.29. The van der Waals surface area contributed by atoms with Crippen LogP contribution < -0.4 is 0 Å². The van der Waals surface area contributed by atoms with Crippen molar-refractivity contribution in [2.24, 2.45) is 5.92 Å². The third-order valence-electron chi connectivity index (χ3n) is 3.41. The maximum Gasteiger partial charge on any atom is 0.0568 e. The Morgan fingerprint density at radius 2 is 1.81 bits per heavy atom. The van der Waals surface area contributed by atoms with Crippen LogP contribution in [0, 0.1) is 19.8 Å². The van der Waals surface area contributed by atoms with Gasteiger partial charge in [0.2, 0.25) is 0 Å². The lowest BCUT2D eigenvalue weighted by atomic mass is 10.0. The predicted molar refractivity (Wildman–Crippen MR) is 67.6 cm³/mol. The standard InChI is InChI=1S/C15H22O/c1-11-8-12(2)10-13(9-11)4-3-5-15(16)14-6-7-14/h8-10,14-16H,3-7H2,1-2H3. The average Bonchev–Trinajstić information content (AvgIpc) is 2.98. The lowest BCUT2D eigenvalue weighted by Gasteiger charge is -2.09. The minimum atomic E-state index is -0.0362. The van der Waals surface area contributed by atoms with Crippen molar-refractivity contribution in [3.8, 4) is 0 Å². The Morgan fingerprint density at radius 1 is 1.19 bits per heavy atom. The highest BCUT2D eigenvalue weighted by Crippen LogP contribution is 2.34. The molecule has 2 rings (SSSR count). The first-order chi connectivity index (χ1) is 7.65. The SMILES string of the molecule is Cc1cc(C)cc(CCCC(O)C2CC2)c1. The molecule has 1 saturated carbocycles. The Labute approximate surface area is 98.5 Å². The van der Waals surface area contributed by atoms with Gasteiger partial charge in [0.15, 0.2) is 0 Å². The summed E-state index contributed by atoms with van der Waals surface area (Å²) < 4.78 is 0. The highest BCUT2D eigenvalue weighted by Gasteiger charge is 2.28. The average molecular weight is 218 g/mol. The molecular weight excluding hydrogens is 196 g/mol. The quantitative estimate of drug-likeness (QED) is 0.803. The molecule has 0 aliphatic heterocycles. The van der Waals surface area contributed by atoms with Crippen molar-refractivity contribution in [2.75, 3.05) is 0 Å². The van der Waals surface area contributed by atoms with Crippen LogP contribution in [0.3, 0.4) is 0 Å². The number of aliphatic hydroxyl groups excluding tert-OH is 1. The van der Waals surface area contributed by atoms with Crippen molar-refractivity contribution in [1.29, 1.82) is 0 Å². The Morgan fingerprint density at radius 3 is 2.38 bits per heavy atom. The van der Waals surface area contributed by atoms with Gasteiger partial charge < -0.3 is 5.11 Å². The second kappa shape index (κ2) is 5.01. The first kappa shape index (κ1) is 11.7. The highest BCUT2D eigenvalue weighted by atomic mass is 16.3. The van der Waals surface area contributed by atoms with Crippen molar-refractivity contribution >= 4 is 0 Å². The molecule has 1 aliphatic rings. The Bertz CT molecular complexity index is 332. The van der Waals surface area contributed by atoms with Gasteiger partial charge in [0.05, 0.1) is 6.10 Å². The van der Waals surface area contributed by atoms with Gasteiger partial charge in [-0.15, -0.1) is 0 Å². The molecule has 16 heavy (non-hydrogen) atoms. The summed E-state index contributed by atoms with van der Waals surface area (Å²) in [7, 11) is 0. The molecule has 0 amide bonds. The van der Waals surface area contributed by atoms with E-state index in [1.54, 1.807) is 0 Å². The van der Waals surface area contributed by atoms with E-state index in [4.69, 9.17) is 0 Å². The van der Waals surface area contributed by atoms with E-state index in [2.05, 4.69) is 32.0 Å². The third-order valence-corrected chi connectivity index (χ3v) is 3.41. The van der Waals surface area contributed by atoms with Crippen LogP contribution >= 0.6 is 0 Å². The number of benzene rings is 1. The Balaban J connectivity index is 1.79. The van der Waals surface area contributed by atoms with Crippen LogP contribution in [0.15, 0.2) is 18.2 Å². The number of aryl methyl sites for hydroxylation is 3. The summed E-state index contributed by atoms with van der Waals surface area (Å²) in [4.78, 5) is 0. The lowest BCUT2D eigenvalue weighted by molar-refractivity contribution is 0.139. The van der Waals surface area contributed by atoms with Gasteiger partial charge >= 0.3 is 0 Å². The summed E-state index contributed by atoms with van der Waals surface area (Å²) in [6, 6.07) is 6.73. The van der Waals surface area contributed by atoms with Gasteiger partial charge in [-0.25, -0.2) is 0 Å². The van der Waals surface area contributed by atoms with E-state index < -0.39 is 0 Å². The van der Waals surface area contributed by atoms with Crippen molar-refractivity contribution < 1.29 is 5.11 Å². The van der Waals surface area contributed by atoms with Gasteiger partial charge in [0, 0.05) is 0 Å². The van der Waals surface area contributed by atoms with Gasteiger partial charge in [-0.05, 0) is 57.4 Å². The van der Waals surface area contributed by atoms with Crippen LogP contribution in [-0.2, 0) is 6.42 Å². The zero-order valence-electron chi connectivity index (χ0n) is 10.4. The molecule has 1 aliphatic carbocycles. The van der Waals surface area contributed by atoms with E-state index in [9.17, 15) is 5.11 Å². The fourth-order valence-corrected chi connectivity index (χ4v) is 2.45. The van der Waals surface area contributed by atoms with Crippen LogP contribution in [0.4, 0.5) is 0 Å². The molecule has 0 radical (unpaired) electrons. The van der Waals surface area contributed by atoms with Crippen LogP contribution in [0.2, 0.25) is 0 Å². The number of rotatable bonds is 5. The molecule has 1 fully saturated rings. The number of hydrogen-bond donors (Lipinski definition) is 1. The smallest absolute Gasteiger partial charge is 0.0568 e. The van der Waals surface area contributed by atoms with Crippen LogP contribution in [0.1, 0.15) is 42.4 Å². The van der Waals surface area contributed by atoms with E-state index in [-0.39, 0.29) is 6.10 Å². The number of aliphatic hydroxyl groups is 1. The first-order valence-electron chi connectivity index (χ1n) is 6.40. The van der Waals surface area contributed by atoms with Crippen molar-refractivity contribution in [3.05, 3.63) is 34.9 Å². The summed E-state index contributed by atoms with van der Waals surface area (Å²) in [5.41, 5.74) is 4.11. The van der Waals surface area contributed by atoms with Gasteiger partial charge in [-0.2, -0.15) is 0 Å². The lowest BCUT2D eigenvalue weighted by Crippen LogP contribution is -2.09. The molecular formula is C15H22O. The fourth-order valence-electron chi connectivity index (χ4n) is 2.45. The van der Waals surface area contributed by atoms with E-state index in [1.165, 1.54) is 29.5 Å². The van der Waals surface area contributed by atoms with Crippen molar-refractivity contribution in [2.45, 2.75) is 52.1 Å². The molecule has 0 heterocycles. The summed E-state index contributed by atoms with van der Waals surface area (Å²) in [6.45, 7) is 4.30. The van der Waals surface area contributed by atoms with Crippen molar-refractivity contribution in [1.82, 2.24) is 0 Å². The highest BCUT2D eigenvalue weighted by molar-refractivity contribution is 5.28. The van der Waals surface area contributed by atoms with E-state index in [1.807, 2.05) is 0 Å². The first-order valence-corrected chi connectivity index (χ1v) is 6.40. The molecule has 0 spiro atoms. The van der Waals surface area contributed by atoms with Gasteiger partial charge in [0.25, 0.3) is 0 Å². The fraction of sp³-hybridized carbons (Fsp3) is 0.600. The Kier molecular flexibility index (Phi) is 3.65. The molecule has 0 aromatic heterocycles. The van der Waals surface area contributed by atoms with Crippen LogP contribution in [0.5, 0.6) is 0 Å². The topological polar surface area (TPSA) is 20.2 Å². The number of hydrogen-bond acceptors (Lipinski definition) is 1. The van der Waals surface area contributed by atoms with Crippen LogP contribution in [0.25, 0.3) is 0 Å². The second-order valence-electron chi connectivity index (χ2n) is 5.29. The molecule has 1 unspecified atom stereocenters. The Hall–Kier alpha value is -0.820. The summed E-state index contributed by atoms with van der Waals surface area (Å²) >= 11 is 0. The molecule has 0 saturated heterocycles. The molecule has 1 aromatic rings. The van der Waals surface area contributed by atoms with E-state index >= 15 is 0 Å².